The number of carbonyl (C=O) groups is 2. The second-order valence-electron chi connectivity index (χ2n) is 6.68. The van der Waals surface area contributed by atoms with Crippen molar-refractivity contribution >= 4 is 17.5 Å². The number of amides is 2. The van der Waals surface area contributed by atoms with Crippen LogP contribution < -0.4 is 15.1 Å². The number of anilines is 1. The molecule has 134 valence electrons. The number of nitrogens with one attached hydrogen (secondary N) is 1. The summed E-state index contributed by atoms with van der Waals surface area (Å²) in [6, 6.07) is 17.2. The largest absolute Gasteiger partial charge is 0.489 e. The summed E-state index contributed by atoms with van der Waals surface area (Å²) < 4.78 is 5.90. The minimum absolute atomic E-state index is 0.00194. The molecule has 0 bridgehead atoms. The zero-order valence-electron chi connectivity index (χ0n) is 14.6. The van der Waals surface area contributed by atoms with Gasteiger partial charge in [0.2, 0.25) is 11.8 Å². The fourth-order valence-electron chi connectivity index (χ4n) is 3.53. The molecule has 2 aliphatic heterocycles. The second kappa shape index (κ2) is 6.80. The minimum atomic E-state index is -0.202. The zero-order valence-corrected chi connectivity index (χ0v) is 14.6. The first-order valence-corrected chi connectivity index (χ1v) is 8.78. The van der Waals surface area contributed by atoms with Crippen molar-refractivity contribution in [3.05, 3.63) is 60.2 Å². The van der Waals surface area contributed by atoms with Gasteiger partial charge in [0.1, 0.15) is 12.4 Å². The highest BCUT2D eigenvalue weighted by Crippen LogP contribution is 2.39. The van der Waals surface area contributed by atoms with E-state index in [0.29, 0.717) is 18.8 Å². The number of benzene rings is 2. The number of rotatable bonds is 3. The molecule has 2 aromatic rings. The van der Waals surface area contributed by atoms with Crippen LogP contribution in [-0.4, -0.2) is 36.0 Å². The first-order valence-electron chi connectivity index (χ1n) is 8.78. The Kier molecular flexibility index (Phi) is 4.34. The van der Waals surface area contributed by atoms with Crippen LogP contribution in [0, 0.1) is 0 Å². The Hall–Kier alpha value is -2.86. The number of ether oxygens (including phenoxy) is 1. The van der Waals surface area contributed by atoms with E-state index in [1.54, 1.807) is 9.91 Å². The molecular formula is C20H21N3O3. The van der Waals surface area contributed by atoms with Crippen LogP contribution in [0.2, 0.25) is 0 Å². The molecule has 0 aliphatic carbocycles. The van der Waals surface area contributed by atoms with Gasteiger partial charge >= 0.3 is 0 Å². The van der Waals surface area contributed by atoms with Gasteiger partial charge in [0, 0.05) is 12.5 Å². The molecule has 6 heteroatoms. The Bertz CT molecular complexity index is 824. The van der Waals surface area contributed by atoms with Crippen molar-refractivity contribution in [3.8, 4) is 5.75 Å². The van der Waals surface area contributed by atoms with Gasteiger partial charge in [0.05, 0.1) is 18.3 Å². The summed E-state index contributed by atoms with van der Waals surface area (Å²) in [6.07, 6.45) is 0.412. The lowest BCUT2D eigenvalue weighted by Crippen LogP contribution is -2.49. The first kappa shape index (κ1) is 16.6. The van der Waals surface area contributed by atoms with Crippen molar-refractivity contribution in [1.29, 1.82) is 0 Å². The van der Waals surface area contributed by atoms with Gasteiger partial charge in [-0.15, -0.1) is 0 Å². The molecule has 1 fully saturated rings. The summed E-state index contributed by atoms with van der Waals surface area (Å²) in [5, 5.41) is 1.71. The molecule has 0 unspecified atom stereocenters. The summed E-state index contributed by atoms with van der Waals surface area (Å²) in [6.45, 7) is 2.46. The van der Waals surface area contributed by atoms with Crippen LogP contribution in [-0.2, 0) is 9.59 Å². The van der Waals surface area contributed by atoms with Gasteiger partial charge in [-0.3, -0.25) is 19.9 Å². The molecule has 0 radical (unpaired) electrons. The summed E-state index contributed by atoms with van der Waals surface area (Å²) in [7, 11) is 0. The van der Waals surface area contributed by atoms with Crippen molar-refractivity contribution in [1.82, 2.24) is 10.4 Å². The number of carbonyl (C=O) groups excluding carboxylic acids is 2. The van der Waals surface area contributed by atoms with E-state index < -0.39 is 0 Å². The number of hydrogen-bond donors (Lipinski definition) is 1. The average molecular weight is 351 g/mol. The van der Waals surface area contributed by atoms with Gasteiger partial charge in [-0.2, -0.15) is 0 Å². The Labute approximate surface area is 152 Å². The highest BCUT2D eigenvalue weighted by Gasteiger charge is 2.36. The normalized spacial score (nSPS) is 22.5. The monoisotopic (exact) mass is 351 g/mol. The fourth-order valence-corrected chi connectivity index (χ4v) is 3.53. The smallest absolute Gasteiger partial charge is 0.243 e. The van der Waals surface area contributed by atoms with Crippen LogP contribution in [0.4, 0.5) is 5.69 Å². The highest BCUT2D eigenvalue weighted by atomic mass is 16.5. The molecule has 0 aromatic heterocycles. The van der Waals surface area contributed by atoms with E-state index in [4.69, 9.17) is 4.74 Å². The maximum atomic E-state index is 13.2. The third kappa shape index (κ3) is 3.04. The third-order valence-electron chi connectivity index (χ3n) is 4.87. The molecule has 6 nitrogen and oxygen atoms in total. The molecule has 0 spiro atoms. The lowest BCUT2D eigenvalue weighted by molar-refractivity contribution is -0.123. The number of para-hydroxylation sites is 2. The van der Waals surface area contributed by atoms with Crippen molar-refractivity contribution in [3.63, 3.8) is 0 Å². The molecule has 2 aliphatic rings. The summed E-state index contributed by atoms with van der Waals surface area (Å²) >= 11 is 0. The van der Waals surface area contributed by atoms with E-state index >= 15 is 0 Å². The maximum Gasteiger partial charge on any atom is 0.243 e. The lowest BCUT2D eigenvalue weighted by Gasteiger charge is -2.38. The number of hydrazine groups is 1. The SMILES string of the molecule is C[C@H]1CC(=O)NN1CC(=O)N1c2ccccc2OC[C@@H]1c1ccccc1. The number of nitrogens with zero attached hydrogens (tertiary/aromatic N) is 2. The van der Waals surface area contributed by atoms with Gasteiger partial charge in [-0.25, -0.2) is 5.01 Å². The third-order valence-corrected chi connectivity index (χ3v) is 4.87. The van der Waals surface area contributed by atoms with Crippen LogP contribution in [0.15, 0.2) is 54.6 Å². The van der Waals surface area contributed by atoms with Crippen molar-refractivity contribution < 1.29 is 14.3 Å². The predicted molar refractivity (Wildman–Crippen MR) is 97.5 cm³/mol. The highest BCUT2D eigenvalue weighted by molar-refractivity contribution is 5.97. The molecular weight excluding hydrogens is 330 g/mol. The number of fused-ring (bicyclic) bond motifs is 1. The standard InChI is InChI=1S/C20H21N3O3/c1-14-11-19(24)21-22(14)12-20(25)23-16-9-5-6-10-18(16)26-13-17(23)15-7-3-2-4-8-15/h2-10,14,17H,11-13H2,1H3,(H,21,24)/t14-,17+/m0/s1. The predicted octanol–water partition coefficient (Wildman–Crippen LogP) is 2.28. The topological polar surface area (TPSA) is 61.9 Å². The second-order valence-corrected chi connectivity index (χ2v) is 6.68. The molecule has 0 saturated carbocycles. The molecule has 2 heterocycles. The van der Waals surface area contributed by atoms with Gasteiger partial charge in [0.25, 0.3) is 0 Å². The van der Waals surface area contributed by atoms with Crippen LogP contribution in [0.25, 0.3) is 0 Å². The molecule has 1 N–H and O–H groups in total. The molecule has 2 amide bonds. The fraction of sp³-hybridized carbons (Fsp3) is 0.300. The van der Waals surface area contributed by atoms with Crippen LogP contribution in [0.5, 0.6) is 5.75 Å². The van der Waals surface area contributed by atoms with Crippen molar-refractivity contribution in [2.45, 2.75) is 25.4 Å². The van der Waals surface area contributed by atoms with Crippen LogP contribution in [0.3, 0.4) is 0 Å². The summed E-state index contributed by atoms with van der Waals surface area (Å²) in [5.74, 6) is 0.586. The van der Waals surface area contributed by atoms with Gasteiger partial charge in [-0.05, 0) is 24.6 Å². The number of hydrogen-bond acceptors (Lipinski definition) is 4. The van der Waals surface area contributed by atoms with E-state index in [1.807, 2.05) is 61.5 Å². The van der Waals surface area contributed by atoms with E-state index in [1.165, 1.54) is 0 Å². The van der Waals surface area contributed by atoms with E-state index in [0.717, 1.165) is 11.3 Å². The van der Waals surface area contributed by atoms with E-state index in [2.05, 4.69) is 5.43 Å². The maximum absolute atomic E-state index is 13.2. The molecule has 2 aromatic carbocycles. The Balaban J connectivity index is 1.66. The zero-order chi connectivity index (χ0) is 18.1. The Morgan fingerprint density at radius 3 is 2.62 bits per heavy atom. The summed E-state index contributed by atoms with van der Waals surface area (Å²) in [4.78, 5) is 26.6. The van der Waals surface area contributed by atoms with Gasteiger partial charge < -0.3 is 4.74 Å². The van der Waals surface area contributed by atoms with E-state index in [-0.39, 0.29) is 30.4 Å². The lowest BCUT2D eigenvalue weighted by atomic mass is 10.0. The molecule has 2 atom stereocenters. The summed E-state index contributed by atoms with van der Waals surface area (Å²) in [5.41, 5.74) is 4.55. The Morgan fingerprint density at radius 1 is 1.15 bits per heavy atom. The average Bonchev–Trinajstić information content (AvgIpc) is 2.98. The van der Waals surface area contributed by atoms with Crippen molar-refractivity contribution in [2.24, 2.45) is 0 Å². The quantitative estimate of drug-likeness (QED) is 0.922. The van der Waals surface area contributed by atoms with Crippen LogP contribution >= 0.6 is 0 Å². The molecule has 26 heavy (non-hydrogen) atoms. The minimum Gasteiger partial charge on any atom is -0.489 e. The van der Waals surface area contributed by atoms with Crippen LogP contribution in [0.1, 0.15) is 24.9 Å². The molecule has 1 saturated heterocycles. The Morgan fingerprint density at radius 2 is 1.88 bits per heavy atom. The molecule has 4 rings (SSSR count). The van der Waals surface area contributed by atoms with Gasteiger partial charge in [0.15, 0.2) is 0 Å². The van der Waals surface area contributed by atoms with E-state index in [9.17, 15) is 9.59 Å². The first-order chi connectivity index (χ1) is 12.6. The van der Waals surface area contributed by atoms with Crippen molar-refractivity contribution in [2.75, 3.05) is 18.1 Å². The van der Waals surface area contributed by atoms with Gasteiger partial charge in [-0.1, -0.05) is 42.5 Å².